The second-order valence-corrected chi connectivity index (χ2v) is 4.95. The molecule has 0 unspecified atom stereocenters. The summed E-state index contributed by atoms with van der Waals surface area (Å²) in [5.41, 5.74) is -0.0671. The van der Waals surface area contributed by atoms with Crippen LogP contribution in [0.15, 0.2) is 35.3 Å². The van der Waals surface area contributed by atoms with Crippen molar-refractivity contribution < 1.29 is 4.74 Å². The number of aromatic amines is 1. The van der Waals surface area contributed by atoms with Crippen LogP contribution in [0, 0.1) is 0 Å². The lowest BCUT2D eigenvalue weighted by atomic mass is 10.2. The number of aromatic nitrogens is 1. The minimum atomic E-state index is -0.0671. The number of benzene rings is 1. The lowest BCUT2D eigenvalue weighted by molar-refractivity contribution is 0.238. The molecule has 1 fully saturated rings. The van der Waals surface area contributed by atoms with Crippen molar-refractivity contribution in [1.29, 1.82) is 0 Å². The van der Waals surface area contributed by atoms with Crippen molar-refractivity contribution in [2.24, 2.45) is 0 Å². The molecule has 0 aliphatic carbocycles. The quantitative estimate of drug-likeness (QED) is 0.912. The Hall–Kier alpha value is -1.81. The van der Waals surface area contributed by atoms with E-state index in [2.05, 4.69) is 9.88 Å². The van der Waals surface area contributed by atoms with Gasteiger partial charge >= 0.3 is 0 Å². The molecule has 100 valence electrons. The number of pyridine rings is 1. The molecule has 0 saturated carbocycles. The number of H-pyrrole nitrogens is 1. The number of nitrogens with zero attached hydrogens (tertiary/aromatic N) is 1. The van der Waals surface area contributed by atoms with Gasteiger partial charge in [-0.05, 0) is 49.5 Å². The fraction of sp³-hybridized carbons (Fsp3) is 0.400. The molecule has 4 nitrogen and oxygen atoms in total. The summed E-state index contributed by atoms with van der Waals surface area (Å²) >= 11 is 0. The van der Waals surface area contributed by atoms with Crippen LogP contribution in [0.2, 0.25) is 0 Å². The Balaban J connectivity index is 1.67. The first-order valence-electron chi connectivity index (χ1n) is 6.79. The maximum atomic E-state index is 11.7. The van der Waals surface area contributed by atoms with Crippen LogP contribution >= 0.6 is 0 Å². The molecule has 3 rings (SSSR count). The van der Waals surface area contributed by atoms with Crippen LogP contribution in [0.1, 0.15) is 12.8 Å². The highest BCUT2D eigenvalue weighted by atomic mass is 16.5. The van der Waals surface area contributed by atoms with Gasteiger partial charge in [-0.2, -0.15) is 0 Å². The first-order chi connectivity index (χ1) is 9.33. The zero-order chi connectivity index (χ0) is 13.1. The predicted molar refractivity (Wildman–Crippen MR) is 75.7 cm³/mol. The van der Waals surface area contributed by atoms with Gasteiger partial charge in [0.15, 0.2) is 0 Å². The van der Waals surface area contributed by atoms with E-state index in [4.69, 9.17) is 4.74 Å². The third-order valence-corrected chi connectivity index (χ3v) is 3.62. The minimum absolute atomic E-state index is 0.0671. The molecule has 4 heteroatoms. The third kappa shape index (κ3) is 2.79. The van der Waals surface area contributed by atoms with E-state index in [9.17, 15) is 4.79 Å². The first kappa shape index (κ1) is 12.2. The zero-order valence-corrected chi connectivity index (χ0v) is 10.9. The Kier molecular flexibility index (Phi) is 3.51. The minimum Gasteiger partial charge on any atom is -0.492 e. The van der Waals surface area contributed by atoms with Crippen molar-refractivity contribution >= 4 is 10.8 Å². The van der Waals surface area contributed by atoms with Crippen molar-refractivity contribution in [3.63, 3.8) is 0 Å². The van der Waals surface area contributed by atoms with E-state index in [1.54, 1.807) is 6.20 Å². The molecule has 1 saturated heterocycles. The Morgan fingerprint density at radius 1 is 1.21 bits per heavy atom. The van der Waals surface area contributed by atoms with Crippen LogP contribution in [0.5, 0.6) is 5.75 Å². The second-order valence-electron chi connectivity index (χ2n) is 4.95. The summed E-state index contributed by atoms with van der Waals surface area (Å²) in [7, 11) is 0. The lowest BCUT2D eigenvalue weighted by Gasteiger charge is -2.15. The summed E-state index contributed by atoms with van der Waals surface area (Å²) in [6.07, 6.45) is 4.26. The number of fused-ring (bicyclic) bond motifs is 1. The normalized spacial score (nSPS) is 16.0. The molecule has 2 aromatic rings. The summed E-state index contributed by atoms with van der Waals surface area (Å²) in [6.45, 7) is 4.00. The Morgan fingerprint density at radius 3 is 2.89 bits per heavy atom. The van der Waals surface area contributed by atoms with Crippen molar-refractivity contribution in [2.45, 2.75) is 12.8 Å². The van der Waals surface area contributed by atoms with Crippen molar-refractivity contribution in [1.82, 2.24) is 9.88 Å². The maximum absolute atomic E-state index is 11.7. The molecule has 19 heavy (non-hydrogen) atoms. The van der Waals surface area contributed by atoms with Gasteiger partial charge in [0.25, 0.3) is 5.56 Å². The summed E-state index contributed by atoms with van der Waals surface area (Å²) in [5.74, 6) is 0.767. The number of ether oxygens (including phenoxy) is 1. The zero-order valence-electron chi connectivity index (χ0n) is 10.9. The molecule has 1 aliphatic rings. The van der Waals surface area contributed by atoms with Crippen LogP contribution in [0.3, 0.4) is 0 Å². The van der Waals surface area contributed by atoms with Gasteiger partial charge in [-0.1, -0.05) is 6.07 Å². The number of nitrogens with one attached hydrogen (secondary N) is 1. The SMILES string of the molecule is O=c1[nH]ccc2ccc(OCCN3CCCC3)cc12. The molecule has 0 atom stereocenters. The topological polar surface area (TPSA) is 45.3 Å². The number of likely N-dealkylation sites (tertiary alicyclic amines) is 1. The van der Waals surface area contributed by atoms with E-state index in [0.717, 1.165) is 17.7 Å². The summed E-state index contributed by atoms with van der Waals surface area (Å²) in [6, 6.07) is 7.56. The van der Waals surface area contributed by atoms with Gasteiger partial charge in [0.05, 0.1) is 5.39 Å². The van der Waals surface area contributed by atoms with Crippen molar-refractivity contribution in [3.8, 4) is 5.75 Å². The van der Waals surface area contributed by atoms with E-state index < -0.39 is 0 Å². The van der Waals surface area contributed by atoms with E-state index in [1.165, 1.54) is 25.9 Å². The fourth-order valence-corrected chi connectivity index (χ4v) is 2.55. The van der Waals surface area contributed by atoms with Gasteiger partial charge in [-0.25, -0.2) is 0 Å². The van der Waals surface area contributed by atoms with E-state index >= 15 is 0 Å². The molecule has 0 amide bonds. The van der Waals surface area contributed by atoms with Gasteiger partial charge in [0, 0.05) is 12.7 Å². The molecule has 0 bridgehead atoms. The molecule has 2 heterocycles. The van der Waals surface area contributed by atoms with Crippen LogP contribution in [0.25, 0.3) is 10.8 Å². The van der Waals surface area contributed by atoms with E-state index in [1.807, 2.05) is 24.3 Å². The smallest absolute Gasteiger partial charge is 0.255 e. The largest absolute Gasteiger partial charge is 0.492 e. The molecule has 1 aliphatic heterocycles. The van der Waals surface area contributed by atoms with Crippen molar-refractivity contribution in [2.75, 3.05) is 26.2 Å². The van der Waals surface area contributed by atoms with Gasteiger partial charge in [-0.3, -0.25) is 9.69 Å². The van der Waals surface area contributed by atoms with Crippen LogP contribution in [-0.2, 0) is 0 Å². The predicted octanol–water partition coefficient (Wildman–Crippen LogP) is 2.00. The third-order valence-electron chi connectivity index (χ3n) is 3.62. The van der Waals surface area contributed by atoms with Gasteiger partial charge < -0.3 is 9.72 Å². The second kappa shape index (κ2) is 5.45. The van der Waals surface area contributed by atoms with Crippen molar-refractivity contribution in [3.05, 3.63) is 40.8 Å². The summed E-state index contributed by atoms with van der Waals surface area (Å²) in [4.78, 5) is 16.8. The summed E-state index contributed by atoms with van der Waals surface area (Å²) in [5, 5.41) is 1.62. The number of hydrogen-bond acceptors (Lipinski definition) is 3. The lowest BCUT2D eigenvalue weighted by Crippen LogP contribution is -2.25. The molecular weight excluding hydrogens is 240 g/mol. The fourth-order valence-electron chi connectivity index (χ4n) is 2.55. The Labute approximate surface area is 112 Å². The van der Waals surface area contributed by atoms with E-state index in [-0.39, 0.29) is 5.56 Å². The highest BCUT2D eigenvalue weighted by Gasteiger charge is 2.10. The number of rotatable bonds is 4. The Bertz CT molecular complexity index is 615. The molecule has 1 N–H and O–H groups in total. The standard InChI is InChI=1S/C15H18N2O2/c18-15-14-11-13(4-3-12(14)5-6-16-15)19-10-9-17-7-1-2-8-17/h3-6,11H,1-2,7-10H2,(H,16,18). The average molecular weight is 258 g/mol. The molecule has 1 aromatic heterocycles. The molecule has 1 aromatic carbocycles. The molecule has 0 spiro atoms. The average Bonchev–Trinajstić information content (AvgIpc) is 2.93. The maximum Gasteiger partial charge on any atom is 0.255 e. The highest BCUT2D eigenvalue weighted by molar-refractivity contribution is 5.82. The van der Waals surface area contributed by atoms with Gasteiger partial charge in [-0.15, -0.1) is 0 Å². The Morgan fingerprint density at radius 2 is 2.05 bits per heavy atom. The van der Waals surface area contributed by atoms with Gasteiger partial charge in [0.1, 0.15) is 12.4 Å². The van der Waals surface area contributed by atoms with Gasteiger partial charge in [0.2, 0.25) is 0 Å². The van der Waals surface area contributed by atoms with Crippen LogP contribution in [-0.4, -0.2) is 36.1 Å². The van der Waals surface area contributed by atoms with Crippen LogP contribution in [0.4, 0.5) is 0 Å². The molecular formula is C15H18N2O2. The summed E-state index contributed by atoms with van der Waals surface area (Å²) < 4.78 is 5.74. The van der Waals surface area contributed by atoms with E-state index in [0.29, 0.717) is 12.0 Å². The first-order valence-corrected chi connectivity index (χ1v) is 6.79. The highest BCUT2D eigenvalue weighted by Crippen LogP contribution is 2.17. The monoisotopic (exact) mass is 258 g/mol. The number of hydrogen-bond donors (Lipinski definition) is 1. The van der Waals surface area contributed by atoms with Crippen LogP contribution < -0.4 is 10.3 Å². The molecule has 0 radical (unpaired) electrons.